The lowest BCUT2D eigenvalue weighted by Gasteiger charge is -1.99. The molecule has 3 aromatic rings. The van der Waals surface area contributed by atoms with Crippen LogP contribution in [0.2, 0.25) is 0 Å². The molecule has 22 heavy (non-hydrogen) atoms. The largest absolute Gasteiger partial charge is 0.298 e. The summed E-state index contributed by atoms with van der Waals surface area (Å²) in [6.07, 6.45) is 7.52. The Morgan fingerprint density at radius 2 is 1.91 bits per heavy atom. The van der Waals surface area contributed by atoms with E-state index in [1.807, 2.05) is 60.0 Å². The van der Waals surface area contributed by atoms with Gasteiger partial charge in [0.05, 0.1) is 16.9 Å². The molecule has 108 valence electrons. The highest BCUT2D eigenvalue weighted by molar-refractivity contribution is 5.83. The summed E-state index contributed by atoms with van der Waals surface area (Å²) in [5, 5.41) is 0. The Bertz CT molecular complexity index is 855. The van der Waals surface area contributed by atoms with Crippen LogP contribution in [0.15, 0.2) is 78.5 Å². The number of benzene rings is 1. The molecule has 0 saturated carbocycles. The van der Waals surface area contributed by atoms with Gasteiger partial charge in [-0.05, 0) is 25.1 Å². The molecule has 3 rings (SSSR count). The van der Waals surface area contributed by atoms with Gasteiger partial charge in [-0.3, -0.25) is 9.39 Å². The Morgan fingerprint density at radius 1 is 1.14 bits per heavy atom. The minimum absolute atomic E-state index is 0.640. The highest BCUT2D eigenvalue weighted by Gasteiger charge is 2.13. The van der Waals surface area contributed by atoms with Gasteiger partial charge in [0.2, 0.25) is 0 Å². The fourth-order valence-electron chi connectivity index (χ4n) is 2.33. The van der Waals surface area contributed by atoms with E-state index in [0.29, 0.717) is 5.70 Å². The van der Waals surface area contributed by atoms with E-state index in [2.05, 4.69) is 29.8 Å². The lowest BCUT2D eigenvalue weighted by Crippen LogP contribution is -1.90. The molecule has 3 heteroatoms. The fraction of sp³-hybridized carbons (Fsp3) is 0.0526. The second-order valence-corrected chi connectivity index (χ2v) is 4.86. The van der Waals surface area contributed by atoms with Gasteiger partial charge in [0.1, 0.15) is 0 Å². The number of fused-ring (bicyclic) bond motifs is 1. The van der Waals surface area contributed by atoms with Crippen LogP contribution in [0, 0.1) is 0 Å². The molecule has 1 aromatic carbocycles. The average Bonchev–Trinajstić information content (AvgIpc) is 2.95. The predicted molar refractivity (Wildman–Crippen MR) is 93.0 cm³/mol. The minimum Gasteiger partial charge on any atom is -0.298 e. The van der Waals surface area contributed by atoms with Crippen LogP contribution in [-0.4, -0.2) is 15.6 Å². The van der Waals surface area contributed by atoms with E-state index in [4.69, 9.17) is 4.98 Å². The molecule has 0 spiro atoms. The third kappa shape index (κ3) is 2.61. The summed E-state index contributed by atoms with van der Waals surface area (Å²) in [5.74, 6) is 0.759. The van der Waals surface area contributed by atoms with Crippen LogP contribution in [0.25, 0.3) is 22.5 Å². The third-order valence-electron chi connectivity index (χ3n) is 3.36. The van der Waals surface area contributed by atoms with Gasteiger partial charge in [0.15, 0.2) is 5.82 Å². The van der Waals surface area contributed by atoms with E-state index < -0.39 is 0 Å². The summed E-state index contributed by atoms with van der Waals surface area (Å²) in [6, 6.07) is 16.2. The molecule has 0 saturated heterocycles. The van der Waals surface area contributed by atoms with Gasteiger partial charge in [-0.25, -0.2) is 4.98 Å². The first kappa shape index (κ1) is 14.0. The second kappa shape index (κ2) is 6.22. The van der Waals surface area contributed by atoms with Crippen molar-refractivity contribution in [2.24, 2.45) is 4.99 Å². The molecule has 0 aliphatic rings. The molecule has 0 bridgehead atoms. The van der Waals surface area contributed by atoms with Crippen LogP contribution in [0.3, 0.4) is 0 Å². The van der Waals surface area contributed by atoms with Crippen molar-refractivity contribution in [3.8, 4) is 11.3 Å². The number of pyridine rings is 1. The first-order valence-corrected chi connectivity index (χ1v) is 7.18. The highest BCUT2D eigenvalue weighted by Crippen LogP contribution is 2.27. The Hall–Kier alpha value is -2.94. The van der Waals surface area contributed by atoms with Crippen LogP contribution in [0.5, 0.6) is 0 Å². The van der Waals surface area contributed by atoms with Crippen molar-refractivity contribution < 1.29 is 0 Å². The molecular formula is C19H17N3. The molecule has 2 aromatic heterocycles. The Labute approximate surface area is 130 Å². The van der Waals surface area contributed by atoms with Crippen LogP contribution < -0.4 is 0 Å². The van der Waals surface area contributed by atoms with Crippen LogP contribution in [0.4, 0.5) is 0 Å². The van der Waals surface area contributed by atoms with E-state index in [0.717, 1.165) is 22.6 Å². The van der Waals surface area contributed by atoms with Crippen LogP contribution in [-0.2, 0) is 0 Å². The molecule has 3 nitrogen and oxygen atoms in total. The predicted octanol–water partition coefficient (Wildman–Crippen LogP) is 4.62. The van der Waals surface area contributed by atoms with Crippen molar-refractivity contribution in [3.05, 3.63) is 79.3 Å². The summed E-state index contributed by atoms with van der Waals surface area (Å²) in [5.41, 5.74) is 3.72. The molecular weight excluding hydrogens is 270 g/mol. The standard InChI is InChI=1S/C19H17N3/c1-3-4-13-20-15(2)19-21-18(16-10-6-5-7-11-16)17-12-8-9-14-22(17)19/h3-14H,2H2,1H3/b4-3-,20-13?. The number of imidazole rings is 1. The number of allylic oxidation sites excluding steroid dienone is 2. The normalized spacial score (nSPS) is 11.7. The molecule has 0 fully saturated rings. The smallest absolute Gasteiger partial charge is 0.163 e. The molecule has 2 heterocycles. The van der Waals surface area contributed by atoms with Gasteiger partial charge in [-0.15, -0.1) is 0 Å². The first-order chi connectivity index (χ1) is 10.8. The minimum atomic E-state index is 0.640. The Kier molecular flexibility index (Phi) is 3.97. The lowest BCUT2D eigenvalue weighted by atomic mass is 10.1. The Morgan fingerprint density at radius 3 is 2.68 bits per heavy atom. The third-order valence-corrected chi connectivity index (χ3v) is 3.36. The van der Waals surface area contributed by atoms with Gasteiger partial charge >= 0.3 is 0 Å². The van der Waals surface area contributed by atoms with Crippen molar-refractivity contribution in [1.82, 2.24) is 9.38 Å². The van der Waals surface area contributed by atoms with Crippen LogP contribution in [0.1, 0.15) is 12.7 Å². The summed E-state index contributed by atoms with van der Waals surface area (Å²) < 4.78 is 2.03. The summed E-state index contributed by atoms with van der Waals surface area (Å²) in [4.78, 5) is 9.12. The number of rotatable bonds is 4. The average molecular weight is 287 g/mol. The maximum Gasteiger partial charge on any atom is 0.163 e. The molecule has 0 unspecified atom stereocenters. The monoisotopic (exact) mass is 287 g/mol. The maximum absolute atomic E-state index is 4.76. The van der Waals surface area contributed by atoms with E-state index in [1.165, 1.54) is 0 Å². The zero-order valence-electron chi connectivity index (χ0n) is 12.5. The quantitative estimate of drug-likeness (QED) is 0.644. The van der Waals surface area contributed by atoms with Gasteiger partial charge in [-0.2, -0.15) is 0 Å². The van der Waals surface area contributed by atoms with E-state index in [9.17, 15) is 0 Å². The van der Waals surface area contributed by atoms with Gasteiger partial charge in [0.25, 0.3) is 0 Å². The second-order valence-electron chi connectivity index (χ2n) is 4.86. The topological polar surface area (TPSA) is 29.7 Å². The van der Waals surface area contributed by atoms with E-state index >= 15 is 0 Å². The summed E-state index contributed by atoms with van der Waals surface area (Å²) in [6.45, 7) is 5.99. The molecule has 0 N–H and O–H groups in total. The number of aromatic nitrogens is 2. The molecule has 0 radical (unpaired) electrons. The first-order valence-electron chi connectivity index (χ1n) is 7.18. The van der Waals surface area contributed by atoms with Crippen molar-refractivity contribution in [2.45, 2.75) is 6.92 Å². The van der Waals surface area contributed by atoms with Gasteiger partial charge in [0, 0.05) is 18.0 Å². The molecule has 0 amide bonds. The zero-order valence-corrected chi connectivity index (χ0v) is 12.5. The molecule has 0 atom stereocenters. The lowest BCUT2D eigenvalue weighted by molar-refractivity contribution is 1.10. The Balaban J connectivity index is 2.15. The molecule has 0 aliphatic carbocycles. The van der Waals surface area contributed by atoms with E-state index in [1.54, 1.807) is 6.21 Å². The van der Waals surface area contributed by atoms with Gasteiger partial charge < -0.3 is 0 Å². The molecule has 0 aliphatic heterocycles. The van der Waals surface area contributed by atoms with Crippen molar-refractivity contribution in [1.29, 1.82) is 0 Å². The number of hydrogen-bond acceptors (Lipinski definition) is 2. The maximum atomic E-state index is 4.76. The fourth-order valence-corrected chi connectivity index (χ4v) is 2.33. The summed E-state index contributed by atoms with van der Waals surface area (Å²) >= 11 is 0. The van der Waals surface area contributed by atoms with Crippen molar-refractivity contribution in [2.75, 3.05) is 0 Å². The zero-order chi connectivity index (χ0) is 15.4. The van der Waals surface area contributed by atoms with E-state index in [-0.39, 0.29) is 0 Å². The van der Waals surface area contributed by atoms with Crippen molar-refractivity contribution in [3.63, 3.8) is 0 Å². The summed E-state index contributed by atoms with van der Waals surface area (Å²) in [7, 11) is 0. The van der Waals surface area contributed by atoms with Crippen molar-refractivity contribution >= 4 is 17.4 Å². The van der Waals surface area contributed by atoms with Crippen LogP contribution >= 0.6 is 0 Å². The number of nitrogens with zero attached hydrogens (tertiary/aromatic N) is 3. The highest BCUT2D eigenvalue weighted by atomic mass is 15.0. The SMILES string of the molecule is C=C(N=C/C=C\C)c1nc(-c2ccccc2)c2ccccn12. The number of hydrogen-bond donors (Lipinski definition) is 0. The number of aliphatic imine (C=N–C) groups is 1. The van der Waals surface area contributed by atoms with Gasteiger partial charge in [-0.1, -0.05) is 49.1 Å².